The summed E-state index contributed by atoms with van der Waals surface area (Å²) in [5.41, 5.74) is 10.6. The Hall–Kier alpha value is -1.96. The molecular weight excluding hydrogens is 222 g/mol. The van der Waals surface area contributed by atoms with Crippen molar-refractivity contribution >= 4 is 5.69 Å². The molecule has 2 heteroatoms. The van der Waals surface area contributed by atoms with Crippen LogP contribution in [0.2, 0.25) is 0 Å². The third-order valence-electron chi connectivity index (χ3n) is 3.14. The van der Waals surface area contributed by atoms with E-state index in [1.54, 1.807) is 7.11 Å². The minimum Gasteiger partial charge on any atom is -0.497 e. The summed E-state index contributed by atoms with van der Waals surface area (Å²) in [7, 11) is 1.68. The molecule has 2 nitrogen and oxygen atoms in total. The van der Waals surface area contributed by atoms with Crippen LogP contribution in [-0.4, -0.2) is 7.11 Å². The lowest BCUT2D eigenvalue weighted by molar-refractivity contribution is 0.414. The summed E-state index contributed by atoms with van der Waals surface area (Å²) in [6.07, 6.45) is 1.97. The van der Waals surface area contributed by atoms with Crippen LogP contribution < -0.4 is 10.5 Å². The Kier molecular flexibility index (Phi) is 3.88. The summed E-state index contributed by atoms with van der Waals surface area (Å²) in [5, 5.41) is 0. The van der Waals surface area contributed by atoms with Crippen molar-refractivity contribution in [3.8, 4) is 5.75 Å². The molecule has 0 aliphatic heterocycles. The smallest absolute Gasteiger partial charge is 0.118 e. The molecule has 0 saturated heterocycles. The lowest BCUT2D eigenvalue weighted by Crippen LogP contribution is -1.97. The van der Waals surface area contributed by atoms with E-state index in [0.29, 0.717) is 0 Å². The first-order chi connectivity index (χ1) is 8.69. The van der Waals surface area contributed by atoms with Gasteiger partial charge >= 0.3 is 0 Å². The van der Waals surface area contributed by atoms with Crippen molar-refractivity contribution in [3.63, 3.8) is 0 Å². The Morgan fingerprint density at radius 3 is 2.33 bits per heavy atom. The molecule has 0 aliphatic carbocycles. The first-order valence-corrected chi connectivity index (χ1v) is 6.17. The minimum atomic E-state index is 0.892. The molecule has 0 atom stereocenters. The number of ether oxygens (including phenoxy) is 1. The number of methoxy groups -OCH3 is 1. The van der Waals surface area contributed by atoms with E-state index in [9.17, 15) is 0 Å². The van der Waals surface area contributed by atoms with Crippen LogP contribution in [0.3, 0.4) is 0 Å². The summed E-state index contributed by atoms with van der Waals surface area (Å²) in [6.45, 7) is 2.06. The molecule has 2 aromatic rings. The first kappa shape index (κ1) is 12.5. The van der Waals surface area contributed by atoms with Gasteiger partial charge < -0.3 is 10.5 Å². The van der Waals surface area contributed by atoms with Crippen molar-refractivity contribution in [1.29, 1.82) is 0 Å². The molecule has 0 fully saturated rings. The predicted octanol–water partition coefficient (Wildman–Crippen LogP) is 3.37. The maximum absolute atomic E-state index is 6.01. The highest BCUT2D eigenvalue weighted by Crippen LogP contribution is 2.17. The second kappa shape index (κ2) is 5.58. The second-order valence-corrected chi connectivity index (χ2v) is 4.55. The normalized spacial score (nSPS) is 10.3. The molecule has 0 spiro atoms. The zero-order chi connectivity index (χ0) is 13.0. The van der Waals surface area contributed by atoms with Gasteiger partial charge in [-0.15, -0.1) is 0 Å². The Balaban J connectivity index is 2.02. The lowest BCUT2D eigenvalue weighted by Gasteiger charge is -2.07. The van der Waals surface area contributed by atoms with Gasteiger partial charge in [0.2, 0.25) is 0 Å². The second-order valence-electron chi connectivity index (χ2n) is 4.55. The SMILES string of the molecule is COc1ccc(CCc2ccc(C)cc2N)cc1. The van der Waals surface area contributed by atoms with Crippen LogP contribution in [0.25, 0.3) is 0 Å². The number of rotatable bonds is 4. The van der Waals surface area contributed by atoms with Gasteiger partial charge in [-0.05, 0) is 54.7 Å². The third-order valence-corrected chi connectivity index (χ3v) is 3.14. The van der Waals surface area contributed by atoms with E-state index in [4.69, 9.17) is 10.5 Å². The van der Waals surface area contributed by atoms with E-state index in [2.05, 4.69) is 31.2 Å². The van der Waals surface area contributed by atoms with Gasteiger partial charge in [0, 0.05) is 5.69 Å². The zero-order valence-corrected chi connectivity index (χ0v) is 10.9. The van der Waals surface area contributed by atoms with E-state index in [1.807, 2.05) is 18.2 Å². The monoisotopic (exact) mass is 241 g/mol. The van der Waals surface area contributed by atoms with E-state index in [1.165, 1.54) is 16.7 Å². The fraction of sp³-hybridized carbons (Fsp3) is 0.250. The van der Waals surface area contributed by atoms with Crippen LogP contribution in [0.4, 0.5) is 5.69 Å². The highest BCUT2D eigenvalue weighted by molar-refractivity contribution is 5.49. The topological polar surface area (TPSA) is 35.2 Å². The van der Waals surface area contributed by atoms with Gasteiger partial charge in [-0.1, -0.05) is 24.3 Å². The molecule has 0 aromatic heterocycles. The first-order valence-electron chi connectivity index (χ1n) is 6.17. The predicted molar refractivity (Wildman–Crippen MR) is 76.0 cm³/mol. The van der Waals surface area contributed by atoms with Crippen LogP contribution >= 0.6 is 0 Å². The summed E-state index contributed by atoms with van der Waals surface area (Å²) < 4.78 is 5.14. The summed E-state index contributed by atoms with van der Waals surface area (Å²) in [6, 6.07) is 14.4. The molecule has 0 aliphatic rings. The highest BCUT2D eigenvalue weighted by Gasteiger charge is 2.01. The molecular formula is C16H19NO. The van der Waals surface area contributed by atoms with E-state index >= 15 is 0 Å². The van der Waals surface area contributed by atoms with Gasteiger partial charge in [0.25, 0.3) is 0 Å². The standard InChI is InChI=1S/C16H19NO/c1-12-3-7-14(16(17)11-12)8-4-13-5-9-15(18-2)10-6-13/h3,5-7,9-11H,4,8,17H2,1-2H3. The Labute approximate surface area is 108 Å². The average molecular weight is 241 g/mol. The van der Waals surface area contributed by atoms with Gasteiger partial charge in [0.1, 0.15) is 5.75 Å². The zero-order valence-electron chi connectivity index (χ0n) is 10.9. The van der Waals surface area contributed by atoms with Crippen molar-refractivity contribution in [2.75, 3.05) is 12.8 Å². The van der Waals surface area contributed by atoms with Crippen molar-refractivity contribution in [1.82, 2.24) is 0 Å². The van der Waals surface area contributed by atoms with Crippen LogP contribution in [0.5, 0.6) is 5.75 Å². The van der Waals surface area contributed by atoms with Crippen molar-refractivity contribution in [3.05, 3.63) is 59.2 Å². The van der Waals surface area contributed by atoms with Crippen molar-refractivity contribution in [2.45, 2.75) is 19.8 Å². The summed E-state index contributed by atoms with van der Waals surface area (Å²) in [5.74, 6) is 0.897. The molecule has 0 amide bonds. The quantitative estimate of drug-likeness (QED) is 0.833. The number of nitrogen functional groups attached to an aromatic ring is 1. The Morgan fingerprint density at radius 1 is 1.00 bits per heavy atom. The number of hydrogen-bond donors (Lipinski definition) is 1. The van der Waals surface area contributed by atoms with E-state index in [0.717, 1.165) is 24.3 Å². The van der Waals surface area contributed by atoms with Gasteiger partial charge in [-0.2, -0.15) is 0 Å². The van der Waals surface area contributed by atoms with Crippen LogP contribution in [0, 0.1) is 6.92 Å². The molecule has 18 heavy (non-hydrogen) atoms. The number of aryl methyl sites for hydroxylation is 3. The van der Waals surface area contributed by atoms with Crippen LogP contribution in [0.1, 0.15) is 16.7 Å². The van der Waals surface area contributed by atoms with Gasteiger partial charge in [-0.25, -0.2) is 0 Å². The number of nitrogens with two attached hydrogens (primary N) is 1. The molecule has 0 bridgehead atoms. The molecule has 2 N–H and O–H groups in total. The fourth-order valence-electron chi connectivity index (χ4n) is 2.01. The summed E-state index contributed by atoms with van der Waals surface area (Å²) in [4.78, 5) is 0. The van der Waals surface area contributed by atoms with E-state index < -0.39 is 0 Å². The Bertz CT molecular complexity index is 517. The van der Waals surface area contributed by atoms with Crippen molar-refractivity contribution < 1.29 is 4.74 Å². The molecule has 2 aromatic carbocycles. The third kappa shape index (κ3) is 3.04. The number of hydrogen-bond acceptors (Lipinski definition) is 2. The average Bonchev–Trinajstić information content (AvgIpc) is 2.38. The molecule has 0 unspecified atom stereocenters. The van der Waals surface area contributed by atoms with Gasteiger partial charge in [0.15, 0.2) is 0 Å². The number of anilines is 1. The van der Waals surface area contributed by atoms with Gasteiger partial charge in [-0.3, -0.25) is 0 Å². The highest BCUT2D eigenvalue weighted by atomic mass is 16.5. The van der Waals surface area contributed by atoms with Crippen LogP contribution in [0.15, 0.2) is 42.5 Å². The molecule has 0 saturated carbocycles. The largest absolute Gasteiger partial charge is 0.497 e. The van der Waals surface area contributed by atoms with Crippen LogP contribution in [-0.2, 0) is 12.8 Å². The number of benzene rings is 2. The van der Waals surface area contributed by atoms with E-state index in [-0.39, 0.29) is 0 Å². The summed E-state index contributed by atoms with van der Waals surface area (Å²) >= 11 is 0. The molecule has 0 radical (unpaired) electrons. The lowest BCUT2D eigenvalue weighted by atomic mass is 10.0. The minimum absolute atomic E-state index is 0.892. The van der Waals surface area contributed by atoms with Crippen molar-refractivity contribution in [2.24, 2.45) is 0 Å². The fourth-order valence-corrected chi connectivity index (χ4v) is 2.01. The maximum atomic E-state index is 6.01. The molecule has 2 rings (SSSR count). The van der Waals surface area contributed by atoms with Gasteiger partial charge in [0.05, 0.1) is 7.11 Å². The molecule has 94 valence electrons. The maximum Gasteiger partial charge on any atom is 0.118 e. The molecule has 0 heterocycles. The Morgan fingerprint density at radius 2 is 1.72 bits per heavy atom.